The molecule has 1 heterocycles. The molecule has 104 valence electrons. The second-order valence-electron chi connectivity index (χ2n) is 5.56. The Bertz CT molecular complexity index is 277. The van der Waals surface area contributed by atoms with Gasteiger partial charge in [0.1, 0.15) is 5.54 Å². The Kier molecular flexibility index (Phi) is 6.62. The molecule has 0 amide bonds. The zero-order valence-corrected chi connectivity index (χ0v) is 12.0. The number of hydrogen-bond donors (Lipinski definition) is 1. The minimum absolute atomic E-state index is 0.358. The first-order valence-electron chi connectivity index (χ1n) is 6.95. The highest BCUT2D eigenvalue weighted by Crippen LogP contribution is 2.18. The van der Waals surface area contributed by atoms with Crippen molar-refractivity contribution in [1.29, 1.82) is 5.26 Å². The fourth-order valence-corrected chi connectivity index (χ4v) is 2.54. The number of hydrogen-bond acceptors (Lipinski definition) is 4. The molecule has 4 heteroatoms. The Labute approximate surface area is 111 Å². The summed E-state index contributed by atoms with van der Waals surface area (Å²) < 4.78 is 5.20. The number of methoxy groups -OCH3 is 1. The van der Waals surface area contributed by atoms with Crippen LogP contribution in [-0.4, -0.2) is 50.8 Å². The van der Waals surface area contributed by atoms with Gasteiger partial charge in [0.15, 0.2) is 0 Å². The first kappa shape index (κ1) is 15.4. The summed E-state index contributed by atoms with van der Waals surface area (Å²) in [5, 5.41) is 12.1. The average Bonchev–Trinajstić information content (AvgIpc) is 2.83. The Morgan fingerprint density at radius 3 is 2.89 bits per heavy atom. The third-order valence-electron chi connectivity index (χ3n) is 3.97. The van der Waals surface area contributed by atoms with Crippen LogP contribution in [0.15, 0.2) is 0 Å². The predicted octanol–water partition coefficient (Wildman–Crippen LogP) is 1.63. The van der Waals surface area contributed by atoms with Crippen molar-refractivity contribution < 1.29 is 4.74 Å². The quantitative estimate of drug-likeness (QED) is 0.668. The van der Waals surface area contributed by atoms with Gasteiger partial charge in [-0.3, -0.25) is 0 Å². The highest BCUT2D eigenvalue weighted by atomic mass is 16.5. The van der Waals surface area contributed by atoms with Gasteiger partial charge in [-0.25, -0.2) is 0 Å². The lowest BCUT2D eigenvalue weighted by Gasteiger charge is -2.21. The molecule has 1 aliphatic heterocycles. The van der Waals surface area contributed by atoms with Gasteiger partial charge in [-0.1, -0.05) is 0 Å². The van der Waals surface area contributed by atoms with Crippen LogP contribution in [0.3, 0.4) is 0 Å². The van der Waals surface area contributed by atoms with Crippen LogP contribution in [-0.2, 0) is 4.74 Å². The molecule has 0 aliphatic carbocycles. The normalized spacial score (nSPS) is 23.8. The summed E-state index contributed by atoms with van der Waals surface area (Å²) in [6.07, 6.45) is 4.48. The van der Waals surface area contributed by atoms with Crippen LogP contribution >= 0.6 is 0 Å². The summed E-state index contributed by atoms with van der Waals surface area (Å²) in [4.78, 5) is 2.52. The van der Waals surface area contributed by atoms with E-state index in [4.69, 9.17) is 10.00 Å². The van der Waals surface area contributed by atoms with Crippen molar-refractivity contribution in [2.45, 2.75) is 38.1 Å². The van der Waals surface area contributed by atoms with Crippen molar-refractivity contribution in [3.63, 3.8) is 0 Å². The van der Waals surface area contributed by atoms with Gasteiger partial charge >= 0.3 is 0 Å². The van der Waals surface area contributed by atoms with Crippen molar-refractivity contribution in [3.8, 4) is 6.07 Å². The second-order valence-corrected chi connectivity index (χ2v) is 5.56. The standard InChI is InChI=1S/C14H27N3O/c1-14(12-15,16-2)7-4-5-8-17-9-6-13(10-17)11-18-3/h13,16H,4-11H2,1-3H3. The Morgan fingerprint density at radius 1 is 1.50 bits per heavy atom. The summed E-state index contributed by atoms with van der Waals surface area (Å²) in [5.74, 6) is 0.719. The maximum atomic E-state index is 9.05. The van der Waals surface area contributed by atoms with Gasteiger partial charge < -0.3 is 15.0 Å². The molecule has 0 saturated carbocycles. The van der Waals surface area contributed by atoms with Gasteiger partial charge in [0, 0.05) is 13.7 Å². The predicted molar refractivity (Wildman–Crippen MR) is 73.4 cm³/mol. The first-order valence-corrected chi connectivity index (χ1v) is 6.95. The third kappa shape index (κ3) is 4.93. The van der Waals surface area contributed by atoms with Crippen LogP contribution in [0, 0.1) is 17.2 Å². The third-order valence-corrected chi connectivity index (χ3v) is 3.97. The lowest BCUT2D eigenvalue weighted by atomic mass is 9.97. The van der Waals surface area contributed by atoms with E-state index in [-0.39, 0.29) is 5.54 Å². The van der Waals surface area contributed by atoms with E-state index in [0.29, 0.717) is 0 Å². The number of nitrogens with zero attached hydrogens (tertiary/aromatic N) is 2. The van der Waals surface area contributed by atoms with Crippen molar-refractivity contribution in [1.82, 2.24) is 10.2 Å². The van der Waals surface area contributed by atoms with Gasteiger partial charge in [-0.15, -0.1) is 0 Å². The van der Waals surface area contributed by atoms with E-state index in [1.165, 1.54) is 25.9 Å². The van der Waals surface area contributed by atoms with Crippen molar-refractivity contribution >= 4 is 0 Å². The average molecular weight is 253 g/mol. The first-order chi connectivity index (χ1) is 8.63. The molecule has 0 radical (unpaired) electrons. The van der Waals surface area contributed by atoms with E-state index in [1.54, 1.807) is 7.11 Å². The zero-order chi connectivity index (χ0) is 13.4. The SMILES string of the molecule is CNC(C)(C#N)CCCCN1CCC(COC)C1. The fourth-order valence-electron chi connectivity index (χ4n) is 2.54. The highest BCUT2D eigenvalue weighted by Gasteiger charge is 2.23. The van der Waals surface area contributed by atoms with Gasteiger partial charge in [-0.2, -0.15) is 5.26 Å². The van der Waals surface area contributed by atoms with Crippen LogP contribution in [0.2, 0.25) is 0 Å². The van der Waals surface area contributed by atoms with E-state index in [1.807, 2.05) is 14.0 Å². The van der Waals surface area contributed by atoms with Gasteiger partial charge in [0.05, 0.1) is 12.7 Å². The summed E-state index contributed by atoms with van der Waals surface area (Å²) >= 11 is 0. The van der Waals surface area contributed by atoms with Gasteiger partial charge in [0.25, 0.3) is 0 Å². The molecule has 1 fully saturated rings. The number of ether oxygens (including phenoxy) is 1. The topological polar surface area (TPSA) is 48.3 Å². The number of likely N-dealkylation sites (tertiary alicyclic amines) is 1. The lowest BCUT2D eigenvalue weighted by molar-refractivity contribution is 0.153. The maximum Gasteiger partial charge on any atom is 0.103 e. The molecule has 0 aromatic rings. The van der Waals surface area contributed by atoms with Crippen molar-refractivity contribution in [3.05, 3.63) is 0 Å². The van der Waals surface area contributed by atoms with Crippen LogP contribution in [0.4, 0.5) is 0 Å². The summed E-state index contributed by atoms with van der Waals surface area (Å²) in [5.41, 5.74) is -0.358. The molecule has 1 rings (SSSR count). The smallest absolute Gasteiger partial charge is 0.103 e. The van der Waals surface area contributed by atoms with E-state index in [0.717, 1.165) is 31.9 Å². The number of nitriles is 1. The monoisotopic (exact) mass is 253 g/mol. The van der Waals surface area contributed by atoms with E-state index in [2.05, 4.69) is 16.3 Å². The molecule has 4 nitrogen and oxygen atoms in total. The summed E-state index contributed by atoms with van der Waals surface area (Å²) in [6, 6.07) is 2.34. The van der Waals surface area contributed by atoms with Crippen LogP contribution in [0.5, 0.6) is 0 Å². The lowest BCUT2D eigenvalue weighted by Crippen LogP contribution is -2.38. The zero-order valence-electron chi connectivity index (χ0n) is 12.0. The van der Waals surface area contributed by atoms with Gasteiger partial charge in [0.2, 0.25) is 0 Å². The molecular weight excluding hydrogens is 226 g/mol. The van der Waals surface area contributed by atoms with Crippen molar-refractivity contribution in [2.24, 2.45) is 5.92 Å². The molecule has 1 saturated heterocycles. The van der Waals surface area contributed by atoms with Crippen LogP contribution < -0.4 is 5.32 Å². The number of unbranched alkanes of at least 4 members (excludes halogenated alkanes) is 1. The highest BCUT2D eigenvalue weighted by molar-refractivity contribution is 5.02. The molecule has 0 aromatic heterocycles. The molecule has 2 unspecified atom stereocenters. The molecule has 1 N–H and O–H groups in total. The largest absolute Gasteiger partial charge is 0.384 e. The van der Waals surface area contributed by atoms with E-state index in [9.17, 15) is 0 Å². The summed E-state index contributed by atoms with van der Waals surface area (Å²) in [6.45, 7) is 6.40. The molecule has 2 atom stereocenters. The van der Waals surface area contributed by atoms with Crippen LogP contribution in [0.1, 0.15) is 32.6 Å². The number of rotatable bonds is 8. The Hall–Kier alpha value is -0.630. The molecule has 0 bridgehead atoms. The molecule has 1 aliphatic rings. The minimum Gasteiger partial charge on any atom is -0.384 e. The van der Waals surface area contributed by atoms with Gasteiger partial charge in [-0.05, 0) is 58.7 Å². The molecule has 18 heavy (non-hydrogen) atoms. The minimum atomic E-state index is -0.358. The summed E-state index contributed by atoms with van der Waals surface area (Å²) in [7, 11) is 3.64. The maximum absolute atomic E-state index is 9.05. The second kappa shape index (κ2) is 7.73. The van der Waals surface area contributed by atoms with Crippen molar-refractivity contribution in [2.75, 3.05) is 40.4 Å². The van der Waals surface area contributed by atoms with E-state index >= 15 is 0 Å². The fraction of sp³-hybridized carbons (Fsp3) is 0.929. The molecule has 0 spiro atoms. The molecular formula is C14H27N3O. The van der Waals surface area contributed by atoms with Crippen LogP contribution in [0.25, 0.3) is 0 Å². The number of nitrogens with one attached hydrogen (secondary N) is 1. The Balaban J connectivity index is 2.11. The Morgan fingerprint density at radius 2 is 2.28 bits per heavy atom. The van der Waals surface area contributed by atoms with E-state index < -0.39 is 0 Å². The molecule has 0 aromatic carbocycles.